The molecule has 0 bridgehead atoms. The Labute approximate surface area is 198 Å². The van der Waals surface area contributed by atoms with Crippen molar-refractivity contribution in [1.82, 2.24) is 14.9 Å². The molecule has 34 heavy (non-hydrogen) atoms. The van der Waals surface area contributed by atoms with Crippen LogP contribution in [0.2, 0.25) is 0 Å². The topological polar surface area (TPSA) is 113 Å². The smallest absolute Gasteiger partial charge is 0.320 e. The van der Waals surface area contributed by atoms with E-state index in [4.69, 9.17) is 14.2 Å². The highest BCUT2D eigenvalue weighted by Gasteiger charge is 2.26. The first-order chi connectivity index (χ1) is 16.7. The second kappa shape index (κ2) is 10.3. The lowest BCUT2D eigenvalue weighted by Gasteiger charge is -2.28. The predicted octanol–water partition coefficient (Wildman–Crippen LogP) is 1.10. The van der Waals surface area contributed by atoms with Gasteiger partial charge in [-0.1, -0.05) is 11.6 Å². The highest BCUT2D eigenvalue weighted by atomic mass is 16.5. The van der Waals surface area contributed by atoms with Gasteiger partial charge in [0.15, 0.2) is 11.5 Å². The van der Waals surface area contributed by atoms with Crippen LogP contribution in [0.5, 0.6) is 6.01 Å². The van der Waals surface area contributed by atoms with Crippen molar-refractivity contribution in [2.75, 3.05) is 81.4 Å². The van der Waals surface area contributed by atoms with Crippen molar-refractivity contribution in [2.24, 2.45) is 5.10 Å². The second-order valence-electron chi connectivity index (χ2n) is 8.37. The van der Waals surface area contributed by atoms with Crippen LogP contribution in [-0.4, -0.2) is 92.2 Å². The minimum Gasteiger partial charge on any atom is -0.462 e. The number of hydrogen-bond acceptors (Lipinski definition) is 10. The molecule has 0 spiro atoms. The minimum atomic E-state index is -0.252. The van der Waals surface area contributed by atoms with Crippen LogP contribution in [-0.2, 0) is 14.3 Å². The van der Waals surface area contributed by atoms with Gasteiger partial charge >= 0.3 is 6.01 Å². The lowest BCUT2D eigenvalue weighted by atomic mass is 10.1. The summed E-state index contributed by atoms with van der Waals surface area (Å²) in [6.07, 6.45) is 0. The molecule has 2 saturated heterocycles. The molecule has 0 radical (unpaired) electrons. The van der Waals surface area contributed by atoms with E-state index in [9.17, 15) is 4.79 Å². The number of aryl methyl sites for hydroxylation is 1. The lowest BCUT2D eigenvalue weighted by Crippen LogP contribution is -2.39. The molecule has 1 aromatic heterocycles. The molecular formula is C23H29N7O4. The largest absolute Gasteiger partial charge is 0.462 e. The number of carbonyl (C=O) groups excluding carboxylic acids is 1. The number of morpholine rings is 2. The van der Waals surface area contributed by atoms with E-state index in [0.717, 1.165) is 68.6 Å². The van der Waals surface area contributed by atoms with Gasteiger partial charge in [0, 0.05) is 44.4 Å². The molecule has 180 valence electrons. The van der Waals surface area contributed by atoms with E-state index in [1.165, 1.54) is 0 Å². The third-order valence-corrected chi connectivity index (χ3v) is 5.95. The first kappa shape index (κ1) is 22.5. The third kappa shape index (κ3) is 5.27. The number of nitrogens with one attached hydrogen (secondary N) is 2. The molecule has 5 rings (SSSR count). The van der Waals surface area contributed by atoms with Crippen molar-refractivity contribution in [3.05, 3.63) is 35.4 Å². The van der Waals surface area contributed by atoms with Gasteiger partial charge in [-0.25, -0.2) is 0 Å². The number of rotatable bonds is 7. The lowest BCUT2D eigenvalue weighted by molar-refractivity contribution is -0.110. The third-order valence-electron chi connectivity index (χ3n) is 5.95. The van der Waals surface area contributed by atoms with Crippen LogP contribution in [0.15, 0.2) is 29.4 Å². The Morgan fingerprint density at radius 2 is 1.85 bits per heavy atom. The van der Waals surface area contributed by atoms with Crippen molar-refractivity contribution >= 4 is 28.9 Å². The van der Waals surface area contributed by atoms with Gasteiger partial charge in [-0.05, 0) is 19.1 Å². The molecule has 0 saturated carbocycles. The van der Waals surface area contributed by atoms with E-state index in [0.29, 0.717) is 31.4 Å². The molecule has 3 aliphatic rings. The molecular weight excluding hydrogens is 438 g/mol. The summed E-state index contributed by atoms with van der Waals surface area (Å²) in [6.45, 7) is 9.23. The van der Waals surface area contributed by atoms with Crippen molar-refractivity contribution in [3.8, 4) is 6.01 Å². The zero-order valence-electron chi connectivity index (χ0n) is 19.2. The number of nitrogens with zero attached hydrogens (tertiary/aromatic N) is 5. The molecule has 11 nitrogen and oxygen atoms in total. The first-order valence-electron chi connectivity index (χ1n) is 11.6. The molecule has 1 amide bonds. The van der Waals surface area contributed by atoms with Crippen LogP contribution in [0.4, 0.5) is 17.3 Å². The summed E-state index contributed by atoms with van der Waals surface area (Å²) < 4.78 is 16.8. The van der Waals surface area contributed by atoms with Crippen LogP contribution in [0.25, 0.3) is 0 Å². The van der Waals surface area contributed by atoms with Crippen LogP contribution < -0.4 is 20.4 Å². The summed E-state index contributed by atoms with van der Waals surface area (Å²) in [5, 5.41) is 7.22. The molecule has 1 aromatic carbocycles. The Hall–Kier alpha value is -3.28. The minimum absolute atomic E-state index is 0.252. The first-order valence-corrected chi connectivity index (χ1v) is 11.6. The maximum absolute atomic E-state index is 12.5. The van der Waals surface area contributed by atoms with Gasteiger partial charge in [-0.15, -0.1) is 0 Å². The number of hydrogen-bond donors (Lipinski definition) is 2. The highest BCUT2D eigenvalue weighted by molar-refractivity contribution is 6.53. The Bertz CT molecular complexity index is 1070. The number of fused-ring (bicyclic) bond motifs is 1. The van der Waals surface area contributed by atoms with Gasteiger partial charge in [0.1, 0.15) is 12.4 Å². The number of ether oxygens (including phenoxy) is 3. The number of benzene rings is 1. The van der Waals surface area contributed by atoms with Crippen molar-refractivity contribution in [3.63, 3.8) is 0 Å². The second-order valence-corrected chi connectivity index (χ2v) is 8.37. The van der Waals surface area contributed by atoms with Gasteiger partial charge in [0.05, 0.1) is 32.1 Å². The fourth-order valence-electron chi connectivity index (χ4n) is 4.07. The average molecular weight is 468 g/mol. The normalized spacial score (nSPS) is 19.7. The summed E-state index contributed by atoms with van der Waals surface area (Å²) in [6, 6.07) is 7.86. The zero-order valence-corrected chi connectivity index (χ0v) is 19.2. The number of aromatic nitrogens is 2. The summed E-state index contributed by atoms with van der Waals surface area (Å²) in [7, 11) is 0. The van der Waals surface area contributed by atoms with E-state index in [2.05, 4.69) is 35.6 Å². The maximum atomic E-state index is 12.5. The predicted molar refractivity (Wildman–Crippen MR) is 128 cm³/mol. The number of amides is 1. The van der Waals surface area contributed by atoms with Crippen LogP contribution in [0, 0.1) is 6.92 Å². The number of carbonyl (C=O) groups is 1. The molecule has 0 aliphatic carbocycles. The Morgan fingerprint density at radius 1 is 1.09 bits per heavy atom. The van der Waals surface area contributed by atoms with Gasteiger partial charge in [0.25, 0.3) is 5.91 Å². The SMILES string of the molecule is Cc1ccc2c(c1)/C(=N/Nc1cc(N3CCOCC3)nc(OCCN3CCOCC3)n1)C(=O)N2. The van der Waals surface area contributed by atoms with E-state index in [1.807, 2.05) is 31.2 Å². The quantitative estimate of drug-likeness (QED) is 0.578. The van der Waals surface area contributed by atoms with Crippen molar-refractivity contribution in [1.29, 1.82) is 0 Å². The van der Waals surface area contributed by atoms with Crippen LogP contribution >= 0.6 is 0 Å². The zero-order chi connectivity index (χ0) is 23.3. The average Bonchev–Trinajstić information content (AvgIpc) is 3.18. The number of hydrazone groups is 1. The van der Waals surface area contributed by atoms with Gasteiger partial charge in [0.2, 0.25) is 0 Å². The van der Waals surface area contributed by atoms with Crippen molar-refractivity contribution < 1.29 is 19.0 Å². The molecule has 3 aliphatic heterocycles. The molecule has 2 N–H and O–H groups in total. The Balaban J connectivity index is 1.34. The Kier molecular flexibility index (Phi) is 6.84. The van der Waals surface area contributed by atoms with E-state index in [-0.39, 0.29) is 11.9 Å². The Morgan fingerprint density at radius 3 is 2.65 bits per heavy atom. The highest BCUT2D eigenvalue weighted by Crippen LogP contribution is 2.25. The van der Waals surface area contributed by atoms with Crippen molar-refractivity contribution in [2.45, 2.75) is 6.92 Å². The van der Waals surface area contributed by atoms with Gasteiger partial charge in [-0.3, -0.25) is 15.1 Å². The molecule has 11 heteroatoms. The van der Waals surface area contributed by atoms with Gasteiger partial charge < -0.3 is 24.4 Å². The fraction of sp³-hybridized carbons (Fsp3) is 0.478. The summed E-state index contributed by atoms with van der Waals surface area (Å²) in [4.78, 5) is 26.0. The monoisotopic (exact) mass is 467 g/mol. The summed E-state index contributed by atoms with van der Waals surface area (Å²) in [5.74, 6) is 0.936. The molecule has 0 unspecified atom stereocenters. The van der Waals surface area contributed by atoms with Crippen LogP contribution in [0.1, 0.15) is 11.1 Å². The standard InChI is InChI=1S/C23H29N7O4/c1-16-2-3-18-17(14-16)21(22(31)24-18)28-27-19-15-20(30-7-11-33-12-8-30)26-23(25-19)34-13-6-29-4-9-32-10-5-29/h2-3,14-15H,4-13H2,1H3,(H,24,28,31)(H,25,26,27). The van der Waals surface area contributed by atoms with Gasteiger partial charge in [-0.2, -0.15) is 15.1 Å². The van der Waals surface area contributed by atoms with E-state index >= 15 is 0 Å². The summed E-state index contributed by atoms with van der Waals surface area (Å²) >= 11 is 0. The molecule has 2 aromatic rings. The maximum Gasteiger partial charge on any atom is 0.320 e. The molecule has 4 heterocycles. The van der Waals surface area contributed by atoms with E-state index < -0.39 is 0 Å². The van der Waals surface area contributed by atoms with Crippen LogP contribution in [0.3, 0.4) is 0 Å². The molecule has 0 atom stereocenters. The number of anilines is 3. The molecule has 2 fully saturated rings. The summed E-state index contributed by atoms with van der Waals surface area (Å²) in [5.41, 5.74) is 5.83. The van der Waals surface area contributed by atoms with E-state index in [1.54, 1.807) is 0 Å². The fourth-order valence-corrected chi connectivity index (χ4v) is 4.07.